The molecule has 3 heteroatoms. The number of allylic oxidation sites excluding steroid dienone is 1. The van der Waals surface area contributed by atoms with Crippen molar-refractivity contribution in [3.8, 4) is 0 Å². The molecule has 16 heavy (non-hydrogen) atoms. The van der Waals surface area contributed by atoms with Gasteiger partial charge in [-0.15, -0.1) is 0 Å². The molecule has 1 aromatic heterocycles. The van der Waals surface area contributed by atoms with Crippen molar-refractivity contribution in [1.29, 1.82) is 0 Å². The lowest BCUT2D eigenvalue weighted by atomic mass is 10.1. The van der Waals surface area contributed by atoms with Gasteiger partial charge in [0.15, 0.2) is 0 Å². The molecule has 2 heterocycles. The molecule has 0 bridgehead atoms. The molecule has 3 nitrogen and oxygen atoms in total. The topological polar surface area (TPSA) is 33.2 Å². The average Bonchev–Trinajstić information content (AvgIpc) is 2.54. The average molecular weight is 216 g/mol. The monoisotopic (exact) mass is 216 g/mol. The van der Waals surface area contributed by atoms with Gasteiger partial charge in [-0.3, -0.25) is 9.78 Å². The Bertz CT molecular complexity index is 412. The van der Waals surface area contributed by atoms with E-state index in [0.717, 1.165) is 49.2 Å². The third-order valence-electron chi connectivity index (χ3n) is 2.91. The first-order chi connectivity index (χ1) is 7.83. The van der Waals surface area contributed by atoms with Crippen molar-refractivity contribution in [3.63, 3.8) is 0 Å². The van der Waals surface area contributed by atoms with Gasteiger partial charge in [-0.1, -0.05) is 6.08 Å². The number of pyridine rings is 1. The molecule has 0 atom stereocenters. The molecule has 0 aromatic carbocycles. The SMILES string of the molecule is Cc1ncccc1C1=CCCCCN1C=O. The molecule has 0 N–H and O–H groups in total. The van der Waals surface area contributed by atoms with Gasteiger partial charge in [-0.25, -0.2) is 0 Å². The Morgan fingerprint density at radius 1 is 1.44 bits per heavy atom. The number of aryl methyl sites for hydroxylation is 1. The number of rotatable bonds is 2. The smallest absolute Gasteiger partial charge is 0.214 e. The molecule has 1 aliphatic heterocycles. The van der Waals surface area contributed by atoms with Gasteiger partial charge in [-0.2, -0.15) is 0 Å². The molecule has 0 fully saturated rings. The zero-order chi connectivity index (χ0) is 11.4. The van der Waals surface area contributed by atoms with Gasteiger partial charge in [0.1, 0.15) is 0 Å². The summed E-state index contributed by atoms with van der Waals surface area (Å²) in [5.74, 6) is 0. The van der Waals surface area contributed by atoms with Gasteiger partial charge in [-0.05, 0) is 38.3 Å². The predicted molar refractivity (Wildman–Crippen MR) is 63.6 cm³/mol. The summed E-state index contributed by atoms with van der Waals surface area (Å²) in [6, 6.07) is 3.94. The third-order valence-corrected chi connectivity index (χ3v) is 2.91. The van der Waals surface area contributed by atoms with E-state index in [1.165, 1.54) is 0 Å². The van der Waals surface area contributed by atoms with Gasteiger partial charge in [0.2, 0.25) is 6.41 Å². The Hall–Kier alpha value is -1.64. The van der Waals surface area contributed by atoms with Crippen molar-refractivity contribution in [3.05, 3.63) is 35.7 Å². The van der Waals surface area contributed by atoms with Crippen molar-refractivity contribution >= 4 is 12.1 Å². The number of amides is 1. The van der Waals surface area contributed by atoms with Crippen LogP contribution in [0.5, 0.6) is 0 Å². The van der Waals surface area contributed by atoms with Crippen LogP contribution in [0.2, 0.25) is 0 Å². The highest BCUT2D eigenvalue weighted by molar-refractivity contribution is 5.75. The van der Waals surface area contributed by atoms with Crippen LogP contribution in [0, 0.1) is 6.92 Å². The highest BCUT2D eigenvalue weighted by Crippen LogP contribution is 2.24. The number of nitrogens with zero attached hydrogens (tertiary/aromatic N) is 2. The summed E-state index contributed by atoms with van der Waals surface area (Å²) in [4.78, 5) is 17.1. The summed E-state index contributed by atoms with van der Waals surface area (Å²) in [6.07, 6.45) is 8.09. The summed E-state index contributed by atoms with van der Waals surface area (Å²) >= 11 is 0. The summed E-state index contributed by atoms with van der Waals surface area (Å²) in [5.41, 5.74) is 3.05. The van der Waals surface area contributed by atoms with Gasteiger partial charge in [0.25, 0.3) is 0 Å². The molecule has 0 saturated carbocycles. The van der Waals surface area contributed by atoms with Gasteiger partial charge >= 0.3 is 0 Å². The van der Waals surface area contributed by atoms with Gasteiger partial charge in [0.05, 0.1) is 0 Å². The number of hydrogen-bond acceptors (Lipinski definition) is 2. The first-order valence-corrected chi connectivity index (χ1v) is 5.67. The van der Waals surface area contributed by atoms with Gasteiger partial charge in [0, 0.05) is 29.7 Å². The van der Waals surface area contributed by atoms with E-state index in [0.29, 0.717) is 0 Å². The minimum atomic E-state index is 0.809. The molecule has 84 valence electrons. The Kier molecular flexibility index (Phi) is 3.34. The van der Waals surface area contributed by atoms with Gasteiger partial charge < -0.3 is 4.90 Å². The van der Waals surface area contributed by atoms with Crippen LogP contribution >= 0.6 is 0 Å². The van der Waals surface area contributed by atoms with E-state index in [2.05, 4.69) is 11.1 Å². The first-order valence-electron chi connectivity index (χ1n) is 5.67. The minimum Gasteiger partial charge on any atom is -0.315 e. The van der Waals surface area contributed by atoms with Crippen LogP contribution in [-0.2, 0) is 4.79 Å². The van der Waals surface area contributed by atoms with Crippen LogP contribution in [0.25, 0.3) is 5.70 Å². The maximum atomic E-state index is 11.1. The largest absolute Gasteiger partial charge is 0.315 e. The van der Waals surface area contributed by atoms with Crippen LogP contribution in [0.4, 0.5) is 0 Å². The Labute approximate surface area is 95.8 Å². The molecule has 2 rings (SSSR count). The Morgan fingerprint density at radius 2 is 2.31 bits per heavy atom. The van der Waals surface area contributed by atoms with E-state index in [1.54, 1.807) is 11.1 Å². The van der Waals surface area contributed by atoms with Crippen LogP contribution < -0.4 is 0 Å². The number of hydrogen-bond donors (Lipinski definition) is 0. The summed E-state index contributed by atoms with van der Waals surface area (Å²) < 4.78 is 0. The molecule has 1 aromatic rings. The fourth-order valence-corrected chi connectivity index (χ4v) is 2.03. The molecule has 0 unspecified atom stereocenters. The minimum absolute atomic E-state index is 0.809. The molecular formula is C13H16N2O. The fraction of sp³-hybridized carbons (Fsp3) is 0.385. The fourth-order valence-electron chi connectivity index (χ4n) is 2.03. The van der Waals surface area contributed by atoms with E-state index in [9.17, 15) is 4.79 Å². The van der Waals surface area contributed by atoms with Crippen molar-refractivity contribution in [2.24, 2.45) is 0 Å². The van der Waals surface area contributed by atoms with E-state index >= 15 is 0 Å². The lowest BCUT2D eigenvalue weighted by Crippen LogP contribution is -2.21. The summed E-state index contributed by atoms with van der Waals surface area (Å²) in [7, 11) is 0. The molecule has 1 amide bonds. The van der Waals surface area contributed by atoms with E-state index in [4.69, 9.17) is 0 Å². The van der Waals surface area contributed by atoms with Crippen LogP contribution in [0.3, 0.4) is 0 Å². The zero-order valence-electron chi connectivity index (χ0n) is 9.52. The van der Waals surface area contributed by atoms with Crippen molar-refractivity contribution in [2.75, 3.05) is 6.54 Å². The normalized spacial score (nSPS) is 16.6. The third kappa shape index (κ3) is 2.13. The maximum absolute atomic E-state index is 11.1. The van der Waals surface area contributed by atoms with Crippen LogP contribution in [0.15, 0.2) is 24.4 Å². The van der Waals surface area contributed by atoms with Crippen molar-refractivity contribution < 1.29 is 4.79 Å². The van der Waals surface area contributed by atoms with E-state index < -0.39 is 0 Å². The summed E-state index contributed by atoms with van der Waals surface area (Å²) in [5, 5.41) is 0. The molecular weight excluding hydrogens is 200 g/mol. The summed E-state index contributed by atoms with van der Waals surface area (Å²) in [6.45, 7) is 2.79. The maximum Gasteiger partial charge on any atom is 0.214 e. The molecule has 0 radical (unpaired) electrons. The quantitative estimate of drug-likeness (QED) is 0.711. The lowest BCUT2D eigenvalue weighted by Gasteiger charge is -2.20. The number of carbonyl (C=O) groups excluding carboxylic acids is 1. The Morgan fingerprint density at radius 3 is 3.06 bits per heavy atom. The lowest BCUT2D eigenvalue weighted by molar-refractivity contribution is -0.115. The Balaban J connectivity index is 2.40. The van der Waals surface area contributed by atoms with E-state index in [-0.39, 0.29) is 0 Å². The molecule has 1 aliphatic rings. The second-order valence-electron chi connectivity index (χ2n) is 4.02. The molecule has 0 spiro atoms. The second kappa shape index (κ2) is 4.92. The number of carbonyl (C=O) groups is 1. The number of aromatic nitrogens is 1. The van der Waals surface area contributed by atoms with Crippen molar-refractivity contribution in [2.45, 2.75) is 26.2 Å². The van der Waals surface area contributed by atoms with Crippen molar-refractivity contribution in [1.82, 2.24) is 9.88 Å². The predicted octanol–water partition coefficient (Wildman–Crippen LogP) is 2.37. The van der Waals surface area contributed by atoms with Crippen LogP contribution in [0.1, 0.15) is 30.5 Å². The molecule has 0 aliphatic carbocycles. The molecule has 0 saturated heterocycles. The van der Waals surface area contributed by atoms with E-state index in [1.807, 2.05) is 19.1 Å². The zero-order valence-corrected chi connectivity index (χ0v) is 9.52. The second-order valence-corrected chi connectivity index (χ2v) is 4.02. The van der Waals surface area contributed by atoms with Crippen LogP contribution in [-0.4, -0.2) is 22.8 Å². The standard InChI is InChI=1S/C13H16N2O/c1-11-12(6-5-8-14-11)13-7-3-2-4-9-15(13)10-16/h5-8,10H,2-4,9H2,1H3. The highest BCUT2D eigenvalue weighted by Gasteiger charge is 2.15. The highest BCUT2D eigenvalue weighted by atomic mass is 16.1. The first kappa shape index (κ1) is 10.9.